The number of anilines is 1. The fraction of sp³-hybridized carbons (Fsp3) is 0.360. The maximum Gasteiger partial charge on any atom is 0.417 e. The predicted octanol–water partition coefficient (Wildman–Crippen LogP) is 4.52. The van der Waals surface area contributed by atoms with Gasteiger partial charge in [0, 0.05) is 56.3 Å². The molecule has 2 aromatic heterocycles. The number of rotatable bonds is 6. The van der Waals surface area contributed by atoms with Gasteiger partial charge in [-0.15, -0.1) is 0 Å². The minimum absolute atomic E-state index is 0.0196. The van der Waals surface area contributed by atoms with Gasteiger partial charge in [0.1, 0.15) is 11.9 Å². The number of aryl methyl sites for hydroxylation is 1. The molecule has 0 N–H and O–H groups in total. The Hall–Kier alpha value is -3.87. The predicted molar refractivity (Wildman–Crippen MR) is 124 cm³/mol. The van der Waals surface area contributed by atoms with Crippen molar-refractivity contribution in [3.8, 4) is 17.5 Å². The van der Waals surface area contributed by atoms with Gasteiger partial charge in [-0.1, -0.05) is 13.3 Å². The Morgan fingerprint density at radius 1 is 1.14 bits per heavy atom. The lowest BCUT2D eigenvalue weighted by Gasteiger charge is -2.32. The van der Waals surface area contributed by atoms with Crippen LogP contribution >= 0.6 is 0 Å². The Morgan fingerprint density at radius 3 is 2.46 bits per heavy atom. The highest BCUT2D eigenvalue weighted by molar-refractivity contribution is 5.47. The lowest BCUT2D eigenvalue weighted by atomic mass is 10.1. The smallest absolute Gasteiger partial charge is 0.417 e. The standard InChI is InChI=1S/C25H24F3N5O2/c1-2-3-17-15-30-24(31-16-17)32-9-6-20(7-10-32)35-21-8-11-33(23(34)13-21)19-5-4-18(14-29)22(12-19)25(26,27)28/h4-5,8,11-13,15-16,20H,2-3,6-7,9-10H2,1H3. The molecule has 10 heteroatoms. The zero-order valence-electron chi connectivity index (χ0n) is 19.1. The second-order valence-corrected chi connectivity index (χ2v) is 8.36. The van der Waals surface area contributed by atoms with Crippen LogP contribution in [0.2, 0.25) is 0 Å². The van der Waals surface area contributed by atoms with E-state index in [1.54, 1.807) is 6.07 Å². The molecule has 0 bridgehead atoms. The van der Waals surface area contributed by atoms with Gasteiger partial charge in [-0.05, 0) is 36.2 Å². The summed E-state index contributed by atoms with van der Waals surface area (Å²) in [6.07, 6.45) is 3.70. The molecule has 0 unspecified atom stereocenters. The summed E-state index contributed by atoms with van der Waals surface area (Å²) in [6, 6.07) is 7.51. The minimum atomic E-state index is -4.70. The highest BCUT2D eigenvalue weighted by Gasteiger charge is 2.34. The molecule has 1 fully saturated rings. The molecular weight excluding hydrogens is 459 g/mol. The van der Waals surface area contributed by atoms with Crippen molar-refractivity contribution in [3.05, 3.63) is 76.0 Å². The molecule has 3 aromatic rings. The molecule has 0 atom stereocenters. The number of hydrogen-bond acceptors (Lipinski definition) is 6. The molecule has 0 aliphatic carbocycles. The van der Waals surface area contributed by atoms with Crippen LogP contribution in [0.5, 0.6) is 5.75 Å². The summed E-state index contributed by atoms with van der Waals surface area (Å²) in [7, 11) is 0. The second kappa shape index (κ2) is 10.2. The van der Waals surface area contributed by atoms with Crippen molar-refractivity contribution in [2.75, 3.05) is 18.0 Å². The van der Waals surface area contributed by atoms with Gasteiger partial charge in [0.25, 0.3) is 5.56 Å². The Morgan fingerprint density at radius 2 is 1.86 bits per heavy atom. The van der Waals surface area contributed by atoms with E-state index in [0.717, 1.165) is 35.1 Å². The van der Waals surface area contributed by atoms with Crippen LogP contribution in [0.4, 0.5) is 19.1 Å². The van der Waals surface area contributed by atoms with Crippen molar-refractivity contribution < 1.29 is 17.9 Å². The first-order valence-electron chi connectivity index (χ1n) is 11.4. The molecule has 3 heterocycles. The van der Waals surface area contributed by atoms with E-state index in [9.17, 15) is 18.0 Å². The molecule has 1 aliphatic rings. The van der Waals surface area contributed by atoms with Crippen LogP contribution < -0.4 is 15.2 Å². The summed E-state index contributed by atoms with van der Waals surface area (Å²) < 4.78 is 46.9. The first kappa shape index (κ1) is 24.3. The van der Waals surface area contributed by atoms with E-state index < -0.39 is 22.9 Å². The van der Waals surface area contributed by atoms with Gasteiger partial charge in [0.2, 0.25) is 5.95 Å². The third kappa shape index (κ3) is 5.62. The molecule has 4 rings (SSSR count). The first-order valence-corrected chi connectivity index (χ1v) is 11.4. The summed E-state index contributed by atoms with van der Waals surface area (Å²) in [5.41, 5.74) is -0.979. The van der Waals surface area contributed by atoms with E-state index in [4.69, 9.17) is 10.00 Å². The van der Waals surface area contributed by atoms with Crippen molar-refractivity contribution in [1.82, 2.24) is 14.5 Å². The van der Waals surface area contributed by atoms with Crippen LogP contribution in [-0.2, 0) is 12.6 Å². The number of benzene rings is 1. The number of ether oxygens (including phenoxy) is 1. The maximum atomic E-state index is 13.3. The normalized spacial score (nSPS) is 14.5. The number of nitrogens with zero attached hydrogens (tertiary/aromatic N) is 5. The van der Waals surface area contributed by atoms with E-state index >= 15 is 0 Å². The van der Waals surface area contributed by atoms with Gasteiger partial charge in [0.05, 0.1) is 17.2 Å². The van der Waals surface area contributed by atoms with Crippen molar-refractivity contribution in [2.24, 2.45) is 0 Å². The molecule has 0 saturated carbocycles. The first-order chi connectivity index (χ1) is 16.8. The zero-order valence-corrected chi connectivity index (χ0v) is 19.1. The molecule has 7 nitrogen and oxygen atoms in total. The van der Waals surface area contributed by atoms with Crippen LogP contribution in [0.15, 0.2) is 53.7 Å². The molecule has 0 radical (unpaired) electrons. The number of halogens is 3. The lowest BCUT2D eigenvalue weighted by molar-refractivity contribution is -0.137. The second-order valence-electron chi connectivity index (χ2n) is 8.36. The van der Waals surface area contributed by atoms with Gasteiger partial charge in [-0.2, -0.15) is 18.4 Å². The molecule has 35 heavy (non-hydrogen) atoms. The number of piperidine rings is 1. The lowest BCUT2D eigenvalue weighted by Crippen LogP contribution is -2.39. The van der Waals surface area contributed by atoms with Crippen molar-refractivity contribution in [2.45, 2.75) is 44.9 Å². The van der Waals surface area contributed by atoms with Gasteiger partial charge in [-0.25, -0.2) is 9.97 Å². The zero-order chi connectivity index (χ0) is 25.0. The number of pyridine rings is 1. The van der Waals surface area contributed by atoms with Crippen LogP contribution in [-0.4, -0.2) is 33.7 Å². The Kier molecular flexibility index (Phi) is 7.05. The van der Waals surface area contributed by atoms with Gasteiger partial charge >= 0.3 is 6.18 Å². The van der Waals surface area contributed by atoms with E-state index in [1.165, 1.54) is 24.4 Å². The third-order valence-electron chi connectivity index (χ3n) is 5.86. The van der Waals surface area contributed by atoms with Crippen molar-refractivity contribution >= 4 is 5.95 Å². The number of nitriles is 1. The Balaban J connectivity index is 1.41. The monoisotopic (exact) mass is 483 g/mol. The minimum Gasteiger partial charge on any atom is -0.490 e. The highest BCUT2D eigenvalue weighted by atomic mass is 19.4. The van der Waals surface area contributed by atoms with Gasteiger partial charge < -0.3 is 9.64 Å². The fourth-order valence-corrected chi connectivity index (χ4v) is 4.06. The summed E-state index contributed by atoms with van der Waals surface area (Å²) in [5, 5.41) is 8.96. The fourth-order valence-electron chi connectivity index (χ4n) is 4.06. The molecule has 182 valence electrons. The maximum absolute atomic E-state index is 13.3. The van der Waals surface area contributed by atoms with Crippen molar-refractivity contribution in [3.63, 3.8) is 0 Å². The quantitative estimate of drug-likeness (QED) is 0.513. The molecule has 1 aromatic carbocycles. The van der Waals surface area contributed by atoms with Crippen molar-refractivity contribution in [1.29, 1.82) is 5.26 Å². The van der Waals surface area contributed by atoms with Gasteiger partial charge in [-0.3, -0.25) is 9.36 Å². The third-order valence-corrected chi connectivity index (χ3v) is 5.86. The summed E-state index contributed by atoms with van der Waals surface area (Å²) in [4.78, 5) is 23.6. The summed E-state index contributed by atoms with van der Waals surface area (Å²) in [5.74, 6) is 1.04. The molecule has 1 aliphatic heterocycles. The average molecular weight is 483 g/mol. The van der Waals surface area contributed by atoms with E-state index in [2.05, 4.69) is 21.8 Å². The van der Waals surface area contributed by atoms with E-state index in [-0.39, 0.29) is 11.8 Å². The molecular formula is C25H24F3N5O2. The Labute approximate surface area is 200 Å². The summed E-state index contributed by atoms with van der Waals surface area (Å²) in [6.45, 7) is 3.53. The number of aromatic nitrogens is 3. The van der Waals surface area contributed by atoms with Crippen LogP contribution in [0.25, 0.3) is 5.69 Å². The Bertz CT molecular complexity index is 1270. The van der Waals surface area contributed by atoms with Crippen LogP contribution in [0.1, 0.15) is 42.9 Å². The molecule has 0 spiro atoms. The average Bonchev–Trinajstić information content (AvgIpc) is 2.84. The SMILES string of the molecule is CCCc1cnc(N2CCC(Oc3ccn(-c4ccc(C#N)c(C(F)(F)F)c4)c(=O)c3)CC2)nc1. The highest BCUT2D eigenvalue weighted by Crippen LogP contribution is 2.33. The van der Waals surface area contributed by atoms with E-state index in [1.807, 2.05) is 12.4 Å². The number of alkyl halides is 3. The topological polar surface area (TPSA) is 84.0 Å². The molecule has 1 saturated heterocycles. The largest absolute Gasteiger partial charge is 0.490 e. The van der Waals surface area contributed by atoms with E-state index in [0.29, 0.717) is 37.6 Å². The number of hydrogen-bond donors (Lipinski definition) is 0. The van der Waals surface area contributed by atoms with Crippen LogP contribution in [0.3, 0.4) is 0 Å². The molecule has 0 amide bonds. The van der Waals surface area contributed by atoms with Crippen LogP contribution in [0, 0.1) is 11.3 Å². The summed E-state index contributed by atoms with van der Waals surface area (Å²) >= 11 is 0. The van der Waals surface area contributed by atoms with Gasteiger partial charge in [0.15, 0.2) is 0 Å².